The molecular weight excluding hydrogens is 290 g/mol. The average molecular weight is 309 g/mol. The number of likely N-dealkylation sites (tertiary alicyclic amines) is 1. The highest BCUT2D eigenvalue weighted by Gasteiger charge is 2.27. The van der Waals surface area contributed by atoms with Crippen molar-refractivity contribution in [3.05, 3.63) is 27.5 Å². The molecule has 0 spiro atoms. The lowest BCUT2D eigenvalue weighted by Crippen LogP contribution is -2.28. The first kappa shape index (κ1) is 15.7. The SMILES string of the molecule is COCC1CCN(C(=O)c2cc(C)c(/C=C/C(=O)O)s2)C1. The fraction of sp³-hybridized carbons (Fsp3) is 0.467. The molecule has 1 saturated heterocycles. The van der Waals surface area contributed by atoms with Crippen LogP contribution in [-0.4, -0.2) is 48.7 Å². The summed E-state index contributed by atoms with van der Waals surface area (Å²) in [6.07, 6.45) is 3.60. The Hall–Kier alpha value is -1.66. The standard InChI is InChI=1S/C15H19NO4S/c1-10-7-13(21-12(10)3-4-14(17)18)15(19)16-6-5-11(8-16)9-20-2/h3-4,7,11H,5-6,8-9H2,1-2H3,(H,17,18)/b4-3+. The van der Waals surface area contributed by atoms with Gasteiger partial charge in [0.15, 0.2) is 0 Å². The van der Waals surface area contributed by atoms with Crippen LogP contribution in [-0.2, 0) is 9.53 Å². The number of hydrogen-bond acceptors (Lipinski definition) is 4. The Morgan fingerprint density at radius 3 is 3.00 bits per heavy atom. The Labute approximate surface area is 127 Å². The summed E-state index contributed by atoms with van der Waals surface area (Å²) < 4.78 is 5.14. The summed E-state index contributed by atoms with van der Waals surface area (Å²) in [5.41, 5.74) is 0.925. The quantitative estimate of drug-likeness (QED) is 0.847. The van der Waals surface area contributed by atoms with Crippen molar-refractivity contribution in [2.24, 2.45) is 5.92 Å². The van der Waals surface area contributed by atoms with E-state index >= 15 is 0 Å². The number of aryl methyl sites for hydroxylation is 1. The van der Waals surface area contributed by atoms with Crippen LogP contribution in [0.5, 0.6) is 0 Å². The van der Waals surface area contributed by atoms with Crippen molar-refractivity contribution in [3.8, 4) is 0 Å². The first-order valence-corrected chi connectivity index (χ1v) is 7.62. The van der Waals surface area contributed by atoms with Crippen LogP contribution < -0.4 is 0 Å². The zero-order chi connectivity index (χ0) is 15.4. The van der Waals surface area contributed by atoms with E-state index in [9.17, 15) is 9.59 Å². The van der Waals surface area contributed by atoms with Crippen molar-refractivity contribution in [1.29, 1.82) is 0 Å². The normalized spacial score (nSPS) is 18.6. The van der Waals surface area contributed by atoms with Crippen LogP contribution >= 0.6 is 11.3 Å². The number of ether oxygens (including phenoxy) is 1. The van der Waals surface area contributed by atoms with E-state index in [-0.39, 0.29) is 5.91 Å². The number of aliphatic carboxylic acids is 1. The molecular formula is C15H19NO4S. The Morgan fingerprint density at radius 1 is 1.57 bits per heavy atom. The van der Waals surface area contributed by atoms with Crippen LogP contribution in [0.15, 0.2) is 12.1 Å². The minimum Gasteiger partial charge on any atom is -0.478 e. The Bertz CT molecular complexity index is 564. The summed E-state index contributed by atoms with van der Waals surface area (Å²) >= 11 is 1.34. The largest absolute Gasteiger partial charge is 0.478 e. The lowest BCUT2D eigenvalue weighted by atomic mass is 10.1. The van der Waals surface area contributed by atoms with Gasteiger partial charge in [0.05, 0.1) is 11.5 Å². The maximum atomic E-state index is 12.5. The van der Waals surface area contributed by atoms with Crippen molar-refractivity contribution in [2.45, 2.75) is 13.3 Å². The van der Waals surface area contributed by atoms with Gasteiger partial charge < -0.3 is 14.7 Å². The molecule has 1 unspecified atom stereocenters. The third-order valence-corrected chi connectivity index (χ3v) is 4.71. The van der Waals surface area contributed by atoms with E-state index in [1.54, 1.807) is 7.11 Å². The van der Waals surface area contributed by atoms with Gasteiger partial charge in [0, 0.05) is 37.1 Å². The van der Waals surface area contributed by atoms with E-state index < -0.39 is 5.97 Å². The number of rotatable bonds is 5. The van der Waals surface area contributed by atoms with Crippen molar-refractivity contribution < 1.29 is 19.4 Å². The molecule has 114 valence electrons. The van der Waals surface area contributed by atoms with Gasteiger partial charge in [-0.3, -0.25) is 4.79 Å². The van der Waals surface area contributed by atoms with E-state index in [1.807, 2.05) is 17.9 Å². The van der Waals surface area contributed by atoms with Crippen molar-refractivity contribution in [1.82, 2.24) is 4.90 Å². The summed E-state index contributed by atoms with van der Waals surface area (Å²) in [5, 5.41) is 8.66. The molecule has 2 rings (SSSR count). The average Bonchev–Trinajstić information content (AvgIpc) is 3.03. The molecule has 5 nitrogen and oxygen atoms in total. The van der Waals surface area contributed by atoms with Crippen LogP contribution in [0, 0.1) is 12.8 Å². The highest BCUT2D eigenvalue weighted by atomic mass is 32.1. The molecule has 0 radical (unpaired) electrons. The smallest absolute Gasteiger partial charge is 0.328 e. The fourth-order valence-electron chi connectivity index (χ4n) is 2.46. The fourth-order valence-corrected chi connectivity index (χ4v) is 3.50. The lowest BCUT2D eigenvalue weighted by molar-refractivity contribution is -0.131. The first-order valence-electron chi connectivity index (χ1n) is 6.81. The first-order chi connectivity index (χ1) is 10.0. The van der Waals surface area contributed by atoms with Gasteiger partial charge in [-0.15, -0.1) is 11.3 Å². The van der Waals surface area contributed by atoms with E-state index in [2.05, 4.69) is 0 Å². The molecule has 1 aromatic heterocycles. The predicted octanol–water partition coefficient (Wildman–Crippen LogP) is 2.26. The Kier molecular flexibility index (Phi) is 5.14. The molecule has 1 aromatic rings. The second-order valence-corrected chi connectivity index (χ2v) is 6.27. The predicted molar refractivity (Wildman–Crippen MR) is 81.6 cm³/mol. The van der Waals surface area contributed by atoms with E-state index in [0.717, 1.165) is 36.0 Å². The van der Waals surface area contributed by atoms with Crippen LogP contribution in [0.3, 0.4) is 0 Å². The lowest BCUT2D eigenvalue weighted by Gasteiger charge is -2.15. The van der Waals surface area contributed by atoms with Crippen molar-refractivity contribution in [2.75, 3.05) is 26.8 Å². The Morgan fingerprint density at radius 2 is 2.33 bits per heavy atom. The number of carboxylic acid groups (broad SMARTS) is 1. The minimum absolute atomic E-state index is 0.0247. The monoisotopic (exact) mass is 309 g/mol. The third kappa shape index (κ3) is 3.92. The summed E-state index contributed by atoms with van der Waals surface area (Å²) in [7, 11) is 1.67. The maximum absolute atomic E-state index is 12.5. The number of methoxy groups -OCH3 is 1. The van der Waals surface area contributed by atoms with Gasteiger partial charge >= 0.3 is 5.97 Å². The van der Waals surface area contributed by atoms with Gasteiger partial charge in [-0.1, -0.05) is 0 Å². The Balaban J connectivity index is 2.07. The van der Waals surface area contributed by atoms with Crippen LogP contribution in [0.4, 0.5) is 0 Å². The summed E-state index contributed by atoms with van der Waals surface area (Å²) in [4.78, 5) is 26.3. The molecule has 1 N–H and O–H groups in total. The van der Waals surface area contributed by atoms with Gasteiger partial charge in [0.2, 0.25) is 0 Å². The zero-order valence-electron chi connectivity index (χ0n) is 12.2. The number of nitrogens with zero attached hydrogens (tertiary/aromatic N) is 1. The number of carbonyl (C=O) groups excluding carboxylic acids is 1. The highest BCUT2D eigenvalue weighted by Crippen LogP contribution is 2.27. The molecule has 0 aromatic carbocycles. The third-order valence-electron chi connectivity index (χ3n) is 3.52. The molecule has 1 aliphatic rings. The van der Waals surface area contributed by atoms with Gasteiger partial charge in [-0.25, -0.2) is 4.79 Å². The van der Waals surface area contributed by atoms with Gasteiger partial charge in [-0.2, -0.15) is 0 Å². The molecule has 0 bridgehead atoms. The summed E-state index contributed by atoms with van der Waals surface area (Å²) in [6, 6.07) is 1.83. The number of hydrogen-bond donors (Lipinski definition) is 1. The van der Waals surface area contributed by atoms with Crippen LogP contribution in [0.2, 0.25) is 0 Å². The number of amides is 1. The van der Waals surface area contributed by atoms with Crippen molar-refractivity contribution in [3.63, 3.8) is 0 Å². The molecule has 2 heterocycles. The number of carbonyl (C=O) groups is 2. The number of thiophene rings is 1. The second kappa shape index (κ2) is 6.87. The molecule has 1 amide bonds. The number of carboxylic acids is 1. The molecule has 1 fully saturated rings. The van der Waals surface area contributed by atoms with Gasteiger partial charge in [0.1, 0.15) is 0 Å². The van der Waals surface area contributed by atoms with Gasteiger partial charge in [0.25, 0.3) is 5.91 Å². The summed E-state index contributed by atoms with van der Waals surface area (Å²) in [6.45, 7) is 4.04. The van der Waals surface area contributed by atoms with Crippen LogP contribution in [0.25, 0.3) is 6.08 Å². The second-order valence-electron chi connectivity index (χ2n) is 5.19. The minimum atomic E-state index is -0.988. The molecule has 1 aliphatic heterocycles. The van der Waals surface area contributed by atoms with Gasteiger partial charge in [-0.05, 0) is 31.1 Å². The van der Waals surface area contributed by atoms with E-state index in [4.69, 9.17) is 9.84 Å². The molecule has 6 heteroatoms. The highest BCUT2D eigenvalue weighted by molar-refractivity contribution is 7.15. The molecule has 0 saturated carbocycles. The molecule has 0 aliphatic carbocycles. The maximum Gasteiger partial charge on any atom is 0.328 e. The van der Waals surface area contributed by atoms with E-state index in [0.29, 0.717) is 17.4 Å². The van der Waals surface area contributed by atoms with Crippen molar-refractivity contribution >= 4 is 29.3 Å². The molecule has 1 atom stereocenters. The topological polar surface area (TPSA) is 66.8 Å². The van der Waals surface area contributed by atoms with E-state index in [1.165, 1.54) is 17.4 Å². The molecule has 21 heavy (non-hydrogen) atoms. The zero-order valence-corrected chi connectivity index (χ0v) is 13.0. The summed E-state index contributed by atoms with van der Waals surface area (Å²) in [5.74, 6) is -0.555. The van der Waals surface area contributed by atoms with Crippen LogP contribution in [0.1, 0.15) is 26.5 Å².